The molecule has 0 atom stereocenters. The zero-order chi connectivity index (χ0) is 22.5. The molecule has 1 fully saturated rings. The van der Waals surface area contributed by atoms with E-state index in [0.717, 1.165) is 9.13 Å². The van der Waals surface area contributed by atoms with Crippen molar-refractivity contribution in [2.24, 2.45) is 17.1 Å². The Labute approximate surface area is 199 Å². The van der Waals surface area contributed by atoms with E-state index < -0.39 is 5.82 Å². The standard InChI is InChI=1S/C22H26FIN4O2S/c1-22(2)7-14-17(20(29)28-9-12(8-25)10-28)19(31-18(14)21(30)27(3)11-22)26-16-5-4-13(24)6-15(16)23/h4-6,12,26H,7-11,25H2,1-3H3. The SMILES string of the molecule is CN1CC(C)(C)Cc2c(sc(Nc3ccc(I)cc3F)c2C(=O)N2CC(CN)C2)C1=O. The Morgan fingerprint density at radius 3 is 2.74 bits per heavy atom. The Morgan fingerprint density at radius 1 is 1.39 bits per heavy atom. The average molecular weight is 556 g/mol. The molecule has 9 heteroatoms. The van der Waals surface area contributed by atoms with E-state index in [4.69, 9.17) is 5.73 Å². The van der Waals surface area contributed by atoms with Crippen molar-refractivity contribution in [1.29, 1.82) is 0 Å². The molecule has 0 bridgehead atoms. The molecule has 0 radical (unpaired) electrons. The first-order chi connectivity index (χ1) is 14.6. The number of hydrogen-bond acceptors (Lipinski definition) is 5. The molecule has 3 heterocycles. The molecule has 3 N–H and O–H groups in total. The monoisotopic (exact) mass is 556 g/mol. The lowest BCUT2D eigenvalue weighted by molar-refractivity contribution is 0.0515. The third-order valence-electron chi connectivity index (χ3n) is 5.84. The van der Waals surface area contributed by atoms with Crippen molar-refractivity contribution in [3.05, 3.63) is 43.6 Å². The number of nitrogens with zero attached hydrogens (tertiary/aromatic N) is 2. The number of hydrogen-bond donors (Lipinski definition) is 2. The summed E-state index contributed by atoms with van der Waals surface area (Å²) < 4.78 is 15.3. The molecule has 0 saturated carbocycles. The van der Waals surface area contributed by atoms with Gasteiger partial charge >= 0.3 is 0 Å². The van der Waals surface area contributed by atoms with E-state index in [9.17, 15) is 14.0 Å². The van der Waals surface area contributed by atoms with Crippen LogP contribution < -0.4 is 11.1 Å². The van der Waals surface area contributed by atoms with Gasteiger partial charge in [0.2, 0.25) is 0 Å². The Hall–Kier alpha value is -1.72. The van der Waals surface area contributed by atoms with E-state index in [0.29, 0.717) is 54.0 Å². The van der Waals surface area contributed by atoms with Crippen LogP contribution in [0.2, 0.25) is 0 Å². The second-order valence-corrected chi connectivity index (χ2v) is 11.4. The molecule has 4 rings (SSSR count). The van der Waals surface area contributed by atoms with Gasteiger partial charge in [0.25, 0.3) is 11.8 Å². The van der Waals surface area contributed by atoms with Gasteiger partial charge in [-0.05, 0) is 64.7 Å². The van der Waals surface area contributed by atoms with E-state index in [-0.39, 0.29) is 22.9 Å². The molecule has 2 aliphatic rings. The number of amides is 2. The highest BCUT2D eigenvalue weighted by Crippen LogP contribution is 2.43. The van der Waals surface area contributed by atoms with Gasteiger partial charge in [0, 0.05) is 36.2 Å². The van der Waals surface area contributed by atoms with Gasteiger partial charge in [-0.25, -0.2) is 4.39 Å². The maximum Gasteiger partial charge on any atom is 0.264 e. The molecular weight excluding hydrogens is 530 g/mol. The molecule has 6 nitrogen and oxygen atoms in total. The number of carbonyl (C=O) groups is 2. The Balaban J connectivity index is 1.80. The zero-order valence-electron chi connectivity index (χ0n) is 17.8. The van der Waals surface area contributed by atoms with Crippen LogP contribution in [0, 0.1) is 20.7 Å². The van der Waals surface area contributed by atoms with Crippen LogP contribution >= 0.6 is 33.9 Å². The number of rotatable bonds is 4. The van der Waals surface area contributed by atoms with Crippen LogP contribution in [0.1, 0.15) is 39.4 Å². The topological polar surface area (TPSA) is 78.7 Å². The van der Waals surface area contributed by atoms with Crippen LogP contribution in [-0.2, 0) is 6.42 Å². The van der Waals surface area contributed by atoms with Gasteiger partial charge in [0.05, 0.1) is 16.1 Å². The van der Waals surface area contributed by atoms with E-state index in [2.05, 4.69) is 41.8 Å². The minimum atomic E-state index is -0.398. The maximum atomic E-state index is 14.6. The Morgan fingerprint density at radius 2 is 2.10 bits per heavy atom. The number of fused-ring (bicyclic) bond motifs is 1. The van der Waals surface area contributed by atoms with E-state index in [1.54, 1.807) is 29.0 Å². The molecule has 2 amide bonds. The summed E-state index contributed by atoms with van der Waals surface area (Å²) in [6.07, 6.45) is 0.598. The minimum absolute atomic E-state index is 0.0980. The number of benzene rings is 1. The summed E-state index contributed by atoms with van der Waals surface area (Å²) in [6.45, 7) is 6.55. The summed E-state index contributed by atoms with van der Waals surface area (Å²) in [5.74, 6) is -0.316. The molecular formula is C22H26FIN4O2S. The van der Waals surface area contributed by atoms with Crippen LogP contribution in [0.5, 0.6) is 0 Å². The maximum absolute atomic E-state index is 14.6. The van der Waals surface area contributed by atoms with Crippen molar-refractivity contribution in [3.8, 4) is 0 Å². The molecule has 2 aromatic rings. The van der Waals surface area contributed by atoms with E-state index in [1.165, 1.54) is 17.4 Å². The summed E-state index contributed by atoms with van der Waals surface area (Å²) in [5.41, 5.74) is 7.09. The summed E-state index contributed by atoms with van der Waals surface area (Å²) in [6, 6.07) is 4.89. The second kappa shape index (κ2) is 8.32. The van der Waals surface area contributed by atoms with Crippen molar-refractivity contribution in [2.45, 2.75) is 20.3 Å². The van der Waals surface area contributed by atoms with Gasteiger partial charge in [-0.15, -0.1) is 11.3 Å². The molecule has 0 spiro atoms. The predicted octanol–water partition coefficient (Wildman–Crippen LogP) is 3.92. The molecule has 1 aromatic heterocycles. The fourth-order valence-electron chi connectivity index (χ4n) is 4.30. The fourth-order valence-corrected chi connectivity index (χ4v) is 5.97. The molecule has 1 saturated heterocycles. The highest BCUT2D eigenvalue weighted by molar-refractivity contribution is 14.1. The predicted molar refractivity (Wildman–Crippen MR) is 130 cm³/mol. The van der Waals surface area contributed by atoms with Crippen LogP contribution in [-0.4, -0.2) is 54.8 Å². The van der Waals surface area contributed by atoms with E-state index >= 15 is 0 Å². The summed E-state index contributed by atoms with van der Waals surface area (Å²) in [4.78, 5) is 30.7. The highest BCUT2D eigenvalue weighted by Gasteiger charge is 2.40. The summed E-state index contributed by atoms with van der Waals surface area (Å²) in [7, 11) is 1.79. The van der Waals surface area contributed by atoms with E-state index in [1.807, 2.05) is 0 Å². The molecule has 31 heavy (non-hydrogen) atoms. The number of carbonyl (C=O) groups excluding carboxylic acids is 2. The second-order valence-electron chi connectivity index (χ2n) is 9.18. The third kappa shape index (κ3) is 4.31. The van der Waals surface area contributed by atoms with Gasteiger partial charge in [0.1, 0.15) is 10.8 Å². The van der Waals surface area contributed by atoms with Crippen molar-refractivity contribution in [2.75, 3.05) is 38.5 Å². The first-order valence-corrected chi connectivity index (χ1v) is 12.1. The first kappa shape index (κ1) is 22.5. The molecule has 0 aliphatic carbocycles. The van der Waals surface area contributed by atoms with Gasteiger partial charge in [0.15, 0.2) is 0 Å². The number of likely N-dealkylation sites (tertiary alicyclic amines) is 1. The van der Waals surface area contributed by atoms with Crippen LogP contribution in [0.15, 0.2) is 18.2 Å². The summed E-state index contributed by atoms with van der Waals surface area (Å²) >= 11 is 3.29. The Kier molecular flexibility index (Phi) is 6.04. The third-order valence-corrected chi connectivity index (χ3v) is 7.65. The lowest BCUT2D eigenvalue weighted by Gasteiger charge is -2.39. The van der Waals surface area contributed by atoms with Gasteiger partial charge in [-0.3, -0.25) is 9.59 Å². The number of anilines is 2. The molecule has 166 valence electrons. The zero-order valence-corrected chi connectivity index (χ0v) is 20.8. The lowest BCUT2D eigenvalue weighted by atomic mass is 9.84. The average Bonchev–Trinajstić information content (AvgIpc) is 2.95. The number of thiophene rings is 1. The molecule has 0 unspecified atom stereocenters. The van der Waals surface area contributed by atoms with Gasteiger partial charge in [-0.2, -0.15) is 0 Å². The van der Waals surface area contributed by atoms with Crippen LogP contribution in [0.25, 0.3) is 0 Å². The van der Waals surface area contributed by atoms with Crippen LogP contribution in [0.3, 0.4) is 0 Å². The number of nitrogens with two attached hydrogens (primary N) is 1. The number of nitrogens with one attached hydrogen (secondary N) is 1. The smallest absolute Gasteiger partial charge is 0.264 e. The molecule has 1 aromatic carbocycles. The van der Waals surface area contributed by atoms with Crippen molar-refractivity contribution in [1.82, 2.24) is 9.80 Å². The fraction of sp³-hybridized carbons (Fsp3) is 0.455. The van der Waals surface area contributed by atoms with Crippen LogP contribution in [0.4, 0.5) is 15.1 Å². The normalized spacial score (nSPS) is 18.5. The Bertz CT molecular complexity index is 1050. The molecule has 2 aliphatic heterocycles. The first-order valence-electron chi connectivity index (χ1n) is 10.2. The highest BCUT2D eigenvalue weighted by atomic mass is 127. The lowest BCUT2D eigenvalue weighted by Crippen LogP contribution is -2.52. The minimum Gasteiger partial charge on any atom is -0.344 e. The number of halogens is 2. The largest absolute Gasteiger partial charge is 0.344 e. The van der Waals surface area contributed by atoms with Crippen molar-refractivity contribution in [3.63, 3.8) is 0 Å². The quantitative estimate of drug-likeness (QED) is 0.560. The summed E-state index contributed by atoms with van der Waals surface area (Å²) in [5, 5.41) is 3.63. The van der Waals surface area contributed by atoms with Crippen molar-refractivity contribution >= 4 is 56.4 Å². The van der Waals surface area contributed by atoms with Crippen molar-refractivity contribution < 1.29 is 14.0 Å². The van der Waals surface area contributed by atoms with Gasteiger partial charge in [-0.1, -0.05) is 13.8 Å². The van der Waals surface area contributed by atoms with Gasteiger partial charge < -0.3 is 20.9 Å².